The van der Waals surface area contributed by atoms with Crippen LogP contribution in [0.4, 0.5) is 8.78 Å². The van der Waals surface area contributed by atoms with Gasteiger partial charge in [0.05, 0.1) is 0 Å². The third-order valence-electron chi connectivity index (χ3n) is 3.71. The summed E-state index contributed by atoms with van der Waals surface area (Å²) in [5.74, 6) is -0.403. The van der Waals surface area contributed by atoms with E-state index in [9.17, 15) is 8.78 Å². The zero-order valence-electron chi connectivity index (χ0n) is 9.96. The van der Waals surface area contributed by atoms with Crippen LogP contribution in [-0.4, -0.2) is 6.04 Å². The summed E-state index contributed by atoms with van der Waals surface area (Å²) in [5, 5.41) is 0. The van der Waals surface area contributed by atoms with Crippen molar-refractivity contribution in [1.29, 1.82) is 0 Å². The first-order chi connectivity index (χ1) is 8.16. The Labute approximate surface area is 101 Å². The van der Waals surface area contributed by atoms with Crippen LogP contribution in [0.3, 0.4) is 0 Å². The lowest BCUT2D eigenvalue weighted by atomic mass is 9.89. The smallest absolute Gasteiger partial charge is 0.126 e. The molecule has 94 valence electrons. The summed E-state index contributed by atoms with van der Waals surface area (Å²) in [6.45, 7) is 0. The van der Waals surface area contributed by atoms with E-state index in [1.165, 1.54) is 18.6 Å². The van der Waals surface area contributed by atoms with Crippen LogP contribution in [0, 0.1) is 17.6 Å². The van der Waals surface area contributed by atoms with Crippen LogP contribution in [0.1, 0.15) is 37.7 Å². The van der Waals surface area contributed by atoms with Gasteiger partial charge in [-0.2, -0.15) is 0 Å². The van der Waals surface area contributed by atoms with Gasteiger partial charge in [-0.05, 0) is 48.9 Å². The molecular formula is C14H19F2N. The first kappa shape index (κ1) is 12.5. The van der Waals surface area contributed by atoms with Crippen molar-refractivity contribution in [2.75, 3.05) is 0 Å². The first-order valence-corrected chi connectivity index (χ1v) is 6.36. The fraction of sp³-hybridized carbons (Fsp3) is 0.571. The summed E-state index contributed by atoms with van der Waals surface area (Å²) in [4.78, 5) is 0. The molecule has 0 saturated heterocycles. The summed E-state index contributed by atoms with van der Waals surface area (Å²) in [7, 11) is 0. The third-order valence-corrected chi connectivity index (χ3v) is 3.71. The van der Waals surface area contributed by atoms with Gasteiger partial charge in [-0.3, -0.25) is 0 Å². The van der Waals surface area contributed by atoms with Crippen LogP contribution in [0.2, 0.25) is 0 Å². The molecule has 1 nitrogen and oxygen atoms in total. The van der Waals surface area contributed by atoms with Crippen molar-refractivity contribution in [2.45, 2.75) is 44.6 Å². The Morgan fingerprint density at radius 2 is 1.88 bits per heavy atom. The Hall–Kier alpha value is -0.960. The van der Waals surface area contributed by atoms with Gasteiger partial charge in [0.15, 0.2) is 0 Å². The molecule has 1 saturated carbocycles. The standard InChI is InChI=1S/C14H19F2N/c15-12-6-7-13(16)11(9-12)8-10-4-2-1-3-5-14(10)17/h6-7,9-10,14H,1-5,8,17H2. The number of benzene rings is 1. The highest BCUT2D eigenvalue weighted by atomic mass is 19.1. The summed E-state index contributed by atoms with van der Waals surface area (Å²) >= 11 is 0. The van der Waals surface area contributed by atoms with Gasteiger partial charge in [0, 0.05) is 6.04 Å². The number of hydrogen-bond acceptors (Lipinski definition) is 1. The van der Waals surface area contributed by atoms with E-state index in [1.807, 2.05) is 0 Å². The SMILES string of the molecule is NC1CCCCCC1Cc1cc(F)ccc1F. The summed E-state index contributed by atoms with van der Waals surface area (Å²) in [6.07, 6.45) is 6.10. The third kappa shape index (κ3) is 3.25. The molecule has 1 aromatic carbocycles. The molecule has 1 fully saturated rings. The van der Waals surface area contributed by atoms with Gasteiger partial charge in [0.1, 0.15) is 11.6 Å². The van der Waals surface area contributed by atoms with Crippen molar-refractivity contribution in [3.63, 3.8) is 0 Å². The Morgan fingerprint density at radius 3 is 2.71 bits per heavy atom. The second-order valence-electron chi connectivity index (χ2n) is 5.00. The van der Waals surface area contributed by atoms with Crippen molar-refractivity contribution >= 4 is 0 Å². The molecule has 0 amide bonds. The molecule has 2 rings (SSSR count). The van der Waals surface area contributed by atoms with Gasteiger partial charge < -0.3 is 5.73 Å². The number of hydrogen-bond donors (Lipinski definition) is 1. The minimum absolute atomic E-state index is 0.125. The highest BCUT2D eigenvalue weighted by molar-refractivity contribution is 5.19. The molecule has 1 aliphatic rings. The second kappa shape index (κ2) is 5.58. The average Bonchev–Trinajstić information content (AvgIpc) is 2.50. The molecule has 17 heavy (non-hydrogen) atoms. The highest BCUT2D eigenvalue weighted by Crippen LogP contribution is 2.26. The van der Waals surface area contributed by atoms with Gasteiger partial charge in [0.25, 0.3) is 0 Å². The molecule has 2 atom stereocenters. The largest absolute Gasteiger partial charge is 0.327 e. The molecule has 1 aromatic rings. The molecule has 1 aliphatic carbocycles. The normalized spacial score (nSPS) is 25.6. The molecule has 0 aliphatic heterocycles. The van der Waals surface area contributed by atoms with Crippen molar-refractivity contribution < 1.29 is 8.78 Å². The van der Waals surface area contributed by atoms with Crippen LogP contribution in [0.25, 0.3) is 0 Å². The summed E-state index contributed by atoms with van der Waals surface area (Å²) < 4.78 is 26.6. The lowest BCUT2D eigenvalue weighted by Gasteiger charge is -2.21. The maximum atomic E-state index is 13.5. The van der Waals surface area contributed by atoms with Crippen molar-refractivity contribution in [3.8, 4) is 0 Å². The zero-order valence-corrected chi connectivity index (χ0v) is 9.96. The van der Waals surface area contributed by atoms with E-state index in [-0.39, 0.29) is 23.6 Å². The highest BCUT2D eigenvalue weighted by Gasteiger charge is 2.21. The Kier molecular flexibility index (Phi) is 4.11. The van der Waals surface area contributed by atoms with E-state index in [4.69, 9.17) is 5.73 Å². The predicted molar refractivity (Wildman–Crippen MR) is 64.6 cm³/mol. The van der Waals surface area contributed by atoms with E-state index in [0.29, 0.717) is 12.0 Å². The fourth-order valence-electron chi connectivity index (χ4n) is 2.65. The Bertz CT molecular complexity index is 378. The number of rotatable bonds is 2. The maximum absolute atomic E-state index is 13.5. The van der Waals surface area contributed by atoms with Gasteiger partial charge in [0.2, 0.25) is 0 Å². The maximum Gasteiger partial charge on any atom is 0.126 e. The lowest BCUT2D eigenvalue weighted by Crippen LogP contribution is -2.30. The molecule has 0 bridgehead atoms. The first-order valence-electron chi connectivity index (χ1n) is 6.36. The van der Waals surface area contributed by atoms with Crippen molar-refractivity contribution in [3.05, 3.63) is 35.4 Å². The van der Waals surface area contributed by atoms with E-state index in [1.54, 1.807) is 0 Å². The number of nitrogens with two attached hydrogens (primary N) is 1. The molecular weight excluding hydrogens is 220 g/mol. The predicted octanol–water partition coefficient (Wildman–Crippen LogP) is 3.41. The topological polar surface area (TPSA) is 26.0 Å². The van der Waals surface area contributed by atoms with E-state index >= 15 is 0 Å². The van der Waals surface area contributed by atoms with Gasteiger partial charge in [-0.15, -0.1) is 0 Å². The lowest BCUT2D eigenvalue weighted by molar-refractivity contribution is 0.389. The zero-order chi connectivity index (χ0) is 12.3. The van der Waals surface area contributed by atoms with Crippen molar-refractivity contribution in [2.24, 2.45) is 11.7 Å². The van der Waals surface area contributed by atoms with Crippen LogP contribution >= 0.6 is 0 Å². The molecule has 0 radical (unpaired) electrons. The van der Waals surface area contributed by atoms with Crippen molar-refractivity contribution in [1.82, 2.24) is 0 Å². The fourth-order valence-corrected chi connectivity index (χ4v) is 2.65. The minimum Gasteiger partial charge on any atom is -0.327 e. The van der Waals surface area contributed by atoms with Crippen LogP contribution < -0.4 is 5.73 Å². The Morgan fingerprint density at radius 1 is 1.12 bits per heavy atom. The quantitative estimate of drug-likeness (QED) is 0.786. The minimum atomic E-state index is -0.372. The van der Waals surface area contributed by atoms with E-state index < -0.39 is 0 Å². The van der Waals surface area contributed by atoms with Crippen LogP contribution in [-0.2, 0) is 6.42 Å². The van der Waals surface area contributed by atoms with Gasteiger partial charge >= 0.3 is 0 Å². The van der Waals surface area contributed by atoms with Gasteiger partial charge in [-0.25, -0.2) is 8.78 Å². The van der Waals surface area contributed by atoms with Gasteiger partial charge in [-0.1, -0.05) is 19.3 Å². The molecule has 0 heterocycles. The molecule has 0 spiro atoms. The van der Waals surface area contributed by atoms with Crippen LogP contribution in [0.5, 0.6) is 0 Å². The summed E-state index contributed by atoms with van der Waals surface area (Å²) in [5.41, 5.74) is 6.56. The summed E-state index contributed by atoms with van der Waals surface area (Å²) in [6, 6.07) is 3.78. The Balaban J connectivity index is 2.10. The number of halogens is 2. The molecule has 2 unspecified atom stereocenters. The van der Waals surface area contributed by atoms with Crippen LogP contribution in [0.15, 0.2) is 18.2 Å². The average molecular weight is 239 g/mol. The molecule has 3 heteroatoms. The monoisotopic (exact) mass is 239 g/mol. The van der Waals surface area contributed by atoms with E-state index in [2.05, 4.69) is 0 Å². The second-order valence-corrected chi connectivity index (χ2v) is 5.00. The molecule has 0 aromatic heterocycles. The molecule has 2 N–H and O–H groups in total. The van der Waals surface area contributed by atoms with E-state index in [0.717, 1.165) is 31.7 Å².